The maximum atomic E-state index is 12.0. The van der Waals surface area contributed by atoms with E-state index in [0.717, 1.165) is 0 Å². The number of benzene rings is 1. The largest absolute Gasteiger partial charge is 0.502 e. The van der Waals surface area contributed by atoms with Crippen molar-refractivity contribution in [3.05, 3.63) is 36.6 Å². The number of Topliss-reactive ketones (excluding diaryl/α,β-unsaturated/α-hetero) is 1. The SMILES string of the molecule is C=COCCCCOC(=O)C(=O)c1ccc(OC)c(OC)c1. The van der Waals surface area contributed by atoms with Gasteiger partial charge in [-0.15, -0.1) is 0 Å². The fraction of sp³-hybridized carbons (Fsp3) is 0.375. The fourth-order valence-corrected chi connectivity index (χ4v) is 1.70. The van der Waals surface area contributed by atoms with Crippen LogP contribution in [0.2, 0.25) is 0 Å². The van der Waals surface area contributed by atoms with Crippen LogP contribution in [0.15, 0.2) is 31.0 Å². The topological polar surface area (TPSA) is 71.1 Å². The van der Waals surface area contributed by atoms with Crippen molar-refractivity contribution in [2.75, 3.05) is 27.4 Å². The molecule has 0 aliphatic carbocycles. The lowest BCUT2D eigenvalue weighted by atomic mass is 10.1. The molecule has 0 N–H and O–H groups in total. The maximum absolute atomic E-state index is 12.0. The van der Waals surface area contributed by atoms with Gasteiger partial charge in [0.1, 0.15) is 0 Å². The molecule has 0 atom stereocenters. The molecule has 120 valence electrons. The first-order valence-corrected chi connectivity index (χ1v) is 6.80. The Morgan fingerprint density at radius 2 is 1.77 bits per heavy atom. The Balaban J connectivity index is 2.52. The van der Waals surface area contributed by atoms with Gasteiger partial charge in [0.15, 0.2) is 11.5 Å². The first kappa shape index (κ1) is 17.6. The minimum atomic E-state index is -0.892. The standard InChI is InChI=1S/C16H20O6/c1-4-21-9-5-6-10-22-16(18)15(17)12-7-8-13(19-2)14(11-12)20-3/h4,7-8,11H,1,5-6,9-10H2,2-3H3. The minimum Gasteiger partial charge on any atom is -0.502 e. The third kappa shape index (κ3) is 5.12. The molecule has 6 heteroatoms. The lowest BCUT2D eigenvalue weighted by molar-refractivity contribution is -0.138. The number of hydrogen-bond donors (Lipinski definition) is 0. The summed E-state index contributed by atoms with van der Waals surface area (Å²) < 4.78 is 20.0. The van der Waals surface area contributed by atoms with Crippen molar-refractivity contribution in [3.63, 3.8) is 0 Å². The van der Waals surface area contributed by atoms with E-state index in [2.05, 4.69) is 6.58 Å². The summed E-state index contributed by atoms with van der Waals surface area (Å²) in [6.45, 7) is 4.09. The maximum Gasteiger partial charge on any atom is 0.379 e. The predicted molar refractivity (Wildman–Crippen MR) is 80.2 cm³/mol. The lowest BCUT2D eigenvalue weighted by Gasteiger charge is -2.09. The first-order chi connectivity index (χ1) is 10.6. The molecule has 1 aromatic rings. The Morgan fingerprint density at radius 1 is 1.09 bits per heavy atom. The highest BCUT2D eigenvalue weighted by Gasteiger charge is 2.19. The number of esters is 1. The highest BCUT2D eigenvalue weighted by atomic mass is 16.5. The number of carbonyl (C=O) groups is 2. The zero-order valence-corrected chi connectivity index (χ0v) is 12.8. The van der Waals surface area contributed by atoms with Gasteiger partial charge in [-0.3, -0.25) is 4.79 Å². The molecule has 1 rings (SSSR count). The Labute approximate surface area is 129 Å². The lowest BCUT2D eigenvalue weighted by Crippen LogP contribution is -2.18. The molecule has 0 fully saturated rings. The van der Waals surface area contributed by atoms with Gasteiger partial charge in [-0.2, -0.15) is 0 Å². The summed E-state index contributed by atoms with van der Waals surface area (Å²) in [5.41, 5.74) is 0.192. The number of methoxy groups -OCH3 is 2. The van der Waals surface area contributed by atoms with E-state index in [0.29, 0.717) is 30.9 Å². The van der Waals surface area contributed by atoms with E-state index in [1.165, 1.54) is 32.6 Å². The van der Waals surface area contributed by atoms with Crippen molar-refractivity contribution < 1.29 is 28.5 Å². The summed E-state index contributed by atoms with van der Waals surface area (Å²) in [6.07, 6.45) is 2.68. The Bertz CT molecular complexity index is 523. The van der Waals surface area contributed by atoms with Crippen LogP contribution in [0, 0.1) is 0 Å². The van der Waals surface area contributed by atoms with E-state index in [9.17, 15) is 9.59 Å². The zero-order chi connectivity index (χ0) is 16.4. The molecule has 0 aromatic heterocycles. The van der Waals surface area contributed by atoms with Crippen LogP contribution >= 0.6 is 0 Å². The van der Waals surface area contributed by atoms with Crippen LogP contribution in [-0.2, 0) is 14.3 Å². The van der Waals surface area contributed by atoms with Gasteiger partial charge >= 0.3 is 5.97 Å². The molecule has 0 aliphatic heterocycles. The molecular formula is C16H20O6. The normalized spacial score (nSPS) is 9.73. The number of ether oxygens (including phenoxy) is 4. The Kier molecular flexibility index (Phi) is 7.53. The van der Waals surface area contributed by atoms with E-state index in [1.54, 1.807) is 6.07 Å². The van der Waals surface area contributed by atoms with Crippen molar-refractivity contribution in [3.8, 4) is 11.5 Å². The second-order valence-electron chi connectivity index (χ2n) is 4.28. The van der Waals surface area contributed by atoms with Gasteiger partial charge < -0.3 is 18.9 Å². The molecule has 6 nitrogen and oxygen atoms in total. The highest BCUT2D eigenvalue weighted by Crippen LogP contribution is 2.27. The summed E-state index contributed by atoms with van der Waals surface area (Å²) in [5, 5.41) is 0. The minimum absolute atomic E-state index is 0.165. The van der Waals surface area contributed by atoms with E-state index in [4.69, 9.17) is 18.9 Å². The van der Waals surface area contributed by atoms with Crippen molar-refractivity contribution in [2.45, 2.75) is 12.8 Å². The second-order valence-corrected chi connectivity index (χ2v) is 4.28. The molecule has 0 unspecified atom stereocenters. The van der Waals surface area contributed by atoms with Crippen LogP contribution in [0.5, 0.6) is 11.5 Å². The zero-order valence-electron chi connectivity index (χ0n) is 12.8. The summed E-state index contributed by atoms with van der Waals surface area (Å²) >= 11 is 0. The van der Waals surface area contributed by atoms with Gasteiger partial charge in [0.2, 0.25) is 0 Å². The predicted octanol–water partition coefficient (Wildman–Crippen LogP) is 2.37. The average Bonchev–Trinajstić information content (AvgIpc) is 2.56. The first-order valence-electron chi connectivity index (χ1n) is 6.80. The van der Waals surface area contributed by atoms with Crippen LogP contribution < -0.4 is 9.47 Å². The monoisotopic (exact) mass is 308 g/mol. The third-order valence-electron chi connectivity index (χ3n) is 2.84. The molecule has 0 heterocycles. The molecular weight excluding hydrogens is 288 g/mol. The average molecular weight is 308 g/mol. The van der Waals surface area contributed by atoms with Crippen LogP contribution in [0.4, 0.5) is 0 Å². The molecule has 0 amide bonds. The van der Waals surface area contributed by atoms with Crippen LogP contribution in [-0.4, -0.2) is 39.2 Å². The molecule has 0 radical (unpaired) electrons. The molecule has 0 saturated heterocycles. The number of rotatable bonds is 10. The summed E-state index contributed by atoms with van der Waals surface area (Å²) in [5.74, 6) is -0.752. The van der Waals surface area contributed by atoms with Crippen molar-refractivity contribution in [1.82, 2.24) is 0 Å². The van der Waals surface area contributed by atoms with Gasteiger partial charge in [0.25, 0.3) is 5.78 Å². The number of hydrogen-bond acceptors (Lipinski definition) is 6. The van der Waals surface area contributed by atoms with Gasteiger partial charge in [-0.1, -0.05) is 6.58 Å². The van der Waals surface area contributed by atoms with Crippen molar-refractivity contribution in [2.24, 2.45) is 0 Å². The molecule has 0 spiro atoms. The van der Waals surface area contributed by atoms with Gasteiger partial charge in [-0.05, 0) is 31.0 Å². The van der Waals surface area contributed by atoms with Gasteiger partial charge in [-0.25, -0.2) is 4.79 Å². The molecule has 0 saturated carbocycles. The molecule has 1 aromatic carbocycles. The Morgan fingerprint density at radius 3 is 2.41 bits per heavy atom. The smallest absolute Gasteiger partial charge is 0.379 e. The molecule has 0 bridgehead atoms. The van der Waals surface area contributed by atoms with Crippen LogP contribution in [0.25, 0.3) is 0 Å². The van der Waals surface area contributed by atoms with Crippen molar-refractivity contribution in [1.29, 1.82) is 0 Å². The van der Waals surface area contributed by atoms with E-state index < -0.39 is 11.8 Å². The van der Waals surface area contributed by atoms with Crippen LogP contribution in [0.1, 0.15) is 23.2 Å². The summed E-state index contributed by atoms with van der Waals surface area (Å²) in [7, 11) is 2.94. The second kappa shape index (κ2) is 9.44. The highest BCUT2D eigenvalue weighted by molar-refractivity contribution is 6.40. The molecule has 22 heavy (non-hydrogen) atoms. The molecule has 0 aliphatic rings. The van der Waals surface area contributed by atoms with Crippen LogP contribution in [0.3, 0.4) is 0 Å². The van der Waals surface area contributed by atoms with E-state index in [-0.39, 0.29) is 12.2 Å². The van der Waals surface area contributed by atoms with Crippen molar-refractivity contribution >= 4 is 11.8 Å². The fourth-order valence-electron chi connectivity index (χ4n) is 1.70. The quantitative estimate of drug-likeness (QED) is 0.217. The van der Waals surface area contributed by atoms with Gasteiger partial charge in [0.05, 0.1) is 33.7 Å². The Hall–Kier alpha value is -2.50. The van der Waals surface area contributed by atoms with Gasteiger partial charge in [0, 0.05) is 5.56 Å². The number of unbranched alkanes of at least 4 members (excludes halogenated alkanes) is 1. The summed E-state index contributed by atoms with van der Waals surface area (Å²) in [6, 6.07) is 4.50. The number of ketones is 1. The number of carbonyl (C=O) groups excluding carboxylic acids is 2. The van der Waals surface area contributed by atoms with E-state index in [1.807, 2.05) is 0 Å². The third-order valence-corrected chi connectivity index (χ3v) is 2.84. The van der Waals surface area contributed by atoms with E-state index >= 15 is 0 Å². The summed E-state index contributed by atoms with van der Waals surface area (Å²) in [4.78, 5) is 23.7.